The van der Waals surface area contributed by atoms with E-state index >= 15 is 0 Å². The number of allylic oxidation sites excluding steroid dienone is 1. The summed E-state index contributed by atoms with van der Waals surface area (Å²) in [6.45, 7) is 12.6. The van der Waals surface area contributed by atoms with Crippen molar-refractivity contribution in [2.75, 3.05) is 13.2 Å². The average molecular weight is 375 g/mol. The fourth-order valence-corrected chi connectivity index (χ4v) is 3.40. The molecule has 142 valence electrons. The van der Waals surface area contributed by atoms with E-state index in [2.05, 4.69) is 43.8 Å². The molecule has 2 aromatic rings. The number of carbonyl (C=O) groups excluding carboxylic acids is 1. The topological polar surface area (TPSA) is 53.3 Å². The number of hydrogen-bond donors (Lipinski definition) is 0. The van der Waals surface area contributed by atoms with Gasteiger partial charge in [0.2, 0.25) is 0 Å². The van der Waals surface area contributed by atoms with Crippen LogP contribution in [0.2, 0.25) is 25.7 Å². The molecular formula is C20H30N2O3Si. The molecule has 0 fully saturated rings. The van der Waals surface area contributed by atoms with Crippen molar-refractivity contribution in [3.05, 3.63) is 41.6 Å². The Morgan fingerprint density at radius 2 is 2.08 bits per heavy atom. The van der Waals surface area contributed by atoms with E-state index in [1.807, 2.05) is 17.0 Å². The maximum Gasteiger partial charge on any atom is 0.330 e. The second-order valence-corrected chi connectivity index (χ2v) is 13.3. The van der Waals surface area contributed by atoms with Gasteiger partial charge in [-0.2, -0.15) is 5.10 Å². The highest BCUT2D eigenvalue weighted by atomic mass is 28.3. The van der Waals surface area contributed by atoms with Crippen LogP contribution in [0, 0.1) is 6.92 Å². The number of fused-ring (bicyclic) bond motifs is 1. The van der Waals surface area contributed by atoms with E-state index < -0.39 is 8.07 Å². The van der Waals surface area contributed by atoms with Gasteiger partial charge in [0.1, 0.15) is 6.73 Å². The fraction of sp³-hybridized carbons (Fsp3) is 0.500. The summed E-state index contributed by atoms with van der Waals surface area (Å²) in [5, 5.41) is 5.73. The van der Waals surface area contributed by atoms with E-state index in [1.165, 1.54) is 6.08 Å². The van der Waals surface area contributed by atoms with E-state index in [0.29, 0.717) is 19.8 Å². The number of esters is 1. The summed E-state index contributed by atoms with van der Waals surface area (Å²) in [6.07, 6.45) is 6.03. The predicted molar refractivity (Wildman–Crippen MR) is 108 cm³/mol. The molecule has 1 aromatic heterocycles. The molecule has 1 heterocycles. The molecule has 2 rings (SSSR count). The van der Waals surface area contributed by atoms with Crippen molar-refractivity contribution >= 4 is 24.9 Å². The number of aryl methyl sites for hydroxylation is 1. The minimum atomic E-state index is -1.06. The quantitative estimate of drug-likeness (QED) is 0.284. The fourth-order valence-electron chi connectivity index (χ4n) is 2.64. The van der Waals surface area contributed by atoms with Crippen LogP contribution in [0.15, 0.2) is 30.5 Å². The zero-order valence-electron chi connectivity index (χ0n) is 16.5. The minimum Gasteiger partial charge on any atom is -0.463 e. The van der Waals surface area contributed by atoms with Crippen molar-refractivity contribution in [3.8, 4) is 0 Å². The second-order valence-electron chi connectivity index (χ2n) is 7.73. The molecule has 0 bridgehead atoms. The molecule has 0 aliphatic carbocycles. The number of rotatable bonds is 9. The van der Waals surface area contributed by atoms with Gasteiger partial charge in [-0.25, -0.2) is 9.48 Å². The third-order valence-corrected chi connectivity index (χ3v) is 5.72. The molecule has 1 aromatic carbocycles. The van der Waals surface area contributed by atoms with Gasteiger partial charge in [0, 0.05) is 32.3 Å². The standard InChI is InChI=1S/C20H30N2O3Si/c1-6-25-19(23)9-7-8-17-12-16(2)20-18(13-17)14-22(21-20)15-24-10-11-26(3,4)5/h7,9,12-14H,6,8,10-11,15H2,1-5H3. The van der Waals surface area contributed by atoms with Crippen molar-refractivity contribution in [1.29, 1.82) is 0 Å². The van der Waals surface area contributed by atoms with E-state index in [1.54, 1.807) is 6.92 Å². The third-order valence-electron chi connectivity index (χ3n) is 4.02. The Balaban J connectivity index is 2.00. The van der Waals surface area contributed by atoms with Gasteiger partial charge in [-0.3, -0.25) is 0 Å². The molecule has 6 heteroatoms. The van der Waals surface area contributed by atoms with Crippen LogP contribution in [-0.4, -0.2) is 37.0 Å². The zero-order chi connectivity index (χ0) is 19.2. The van der Waals surface area contributed by atoms with Gasteiger partial charge in [0.25, 0.3) is 0 Å². The van der Waals surface area contributed by atoms with Crippen molar-refractivity contribution in [1.82, 2.24) is 9.78 Å². The number of ether oxygens (including phenoxy) is 2. The monoisotopic (exact) mass is 374 g/mol. The smallest absolute Gasteiger partial charge is 0.330 e. The maximum absolute atomic E-state index is 11.4. The van der Waals surface area contributed by atoms with Gasteiger partial charge < -0.3 is 9.47 Å². The average Bonchev–Trinajstić information content (AvgIpc) is 2.94. The third kappa shape index (κ3) is 6.42. The van der Waals surface area contributed by atoms with Gasteiger partial charge in [-0.15, -0.1) is 0 Å². The van der Waals surface area contributed by atoms with Crippen LogP contribution in [0.4, 0.5) is 0 Å². The van der Waals surface area contributed by atoms with Crippen molar-refractivity contribution < 1.29 is 14.3 Å². The maximum atomic E-state index is 11.4. The Kier molecular flexibility index (Phi) is 7.17. The summed E-state index contributed by atoms with van der Waals surface area (Å²) < 4.78 is 12.5. The van der Waals surface area contributed by atoms with Crippen LogP contribution in [0.5, 0.6) is 0 Å². The highest BCUT2D eigenvalue weighted by molar-refractivity contribution is 6.76. The van der Waals surface area contributed by atoms with Gasteiger partial charge in [-0.1, -0.05) is 31.8 Å². The van der Waals surface area contributed by atoms with Gasteiger partial charge in [0.05, 0.1) is 12.1 Å². The molecule has 0 atom stereocenters. The molecule has 0 saturated heterocycles. The number of carbonyl (C=O) groups is 1. The number of benzene rings is 1. The Hall–Kier alpha value is -1.92. The summed E-state index contributed by atoms with van der Waals surface area (Å²) in [7, 11) is -1.06. The summed E-state index contributed by atoms with van der Waals surface area (Å²) in [6, 6.07) is 5.38. The molecule has 0 saturated carbocycles. The first kappa shape index (κ1) is 20.4. The van der Waals surface area contributed by atoms with Crippen LogP contribution in [-0.2, 0) is 27.4 Å². The van der Waals surface area contributed by atoms with Gasteiger partial charge >= 0.3 is 5.97 Å². The molecule has 0 amide bonds. The van der Waals surface area contributed by atoms with Crippen LogP contribution in [0.3, 0.4) is 0 Å². The summed E-state index contributed by atoms with van der Waals surface area (Å²) in [4.78, 5) is 11.4. The lowest BCUT2D eigenvalue weighted by Crippen LogP contribution is -2.22. The first-order chi connectivity index (χ1) is 12.3. The van der Waals surface area contributed by atoms with Crippen LogP contribution in [0.25, 0.3) is 10.9 Å². The van der Waals surface area contributed by atoms with E-state index in [9.17, 15) is 4.79 Å². The van der Waals surface area contributed by atoms with E-state index in [0.717, 1.165) is 34.7 Å². The molecule has 0 unspecified atom stereocenters. The lowest BCUT2D eigenvalue weighted by Gasteiger charge is -2.15. The summed E-state index contributed by atoms with van der Waals surface area (Å²) >= 11 is 0. The van der Waals surface area contributed by atoms with Crippen LogP contribution >= 0.6 is 0 Å². The molecule has 0 aliphatic rings. The Labute approximate surface area is 157 Å². The zero-order valence-corrected chi connectivity index (χ0v) is 17.5. The lowest BCUT2D eigenvalue weighted by molar-refractivity contribution is -0.137. The van der Waals surface area contributed by atoms with Crippen LogP contribution in [0.1, 0.15) is 18.1 Å². The highest BCUT2D eigenvalue weighted by Gasteiger charge is 2.12. The molecule has 0 aliphatic heterocycles. The van der Waals surface area contributed by atoms with E-state index in [4.69, 9.17) is 9.47 Å². The predicted octanol–water partition coefficient (Wildman–Crippen LogP) is 4.32. The minimum absolute atomic E-state index is 0.298. The molecule has 0 spiro atoms. The number of hydrogen-bond acceptors (Lipinski definition) is 4. The largest absolute Gasteiger partial charge is 0.463 e. The Bertz CT molecular complexity index is 775. The van der Waals surface area contributed by atoms with Crippen molar-refractivity contribution in [3.63, 3.8) is 0 Å². The first-order valence-electron chi connectivity index (χ1n) is 9.16. The summed E-state index contributed by atoms with van der Waals surface area (Å²) in [5.74, 6) is -0.298. The van der Waals surface area contributed by atoms with Gasteiger partial charge in [-0.05, 0) is 43.5 Å². The molecular weight excluding hydrogens is 344 g/mol. The Morgan fingerprint density at radius 1 is 1.31 bits per heavy atom. The lowest BCUT2D eigenvalue weighted by atomic mass is 10.1. The second kappa shape index (κ2) is 9.14. The normalized spacial score (nSPS) is 12.2. The summed E-state index contributed by atoms with van der Waals surface area (Å²) in [5.41, 5.74) is 3.27. The van der Waals surface area contributed by atoms with Crippen LogP contribution < -0.4 is 0 Å². The first-order valence-corrected chi connectivity index (χ1v) is 12.9. The molecule has 0 N–H and O–H groups in total. The molecule has 5 nitrogen and oxygen atoms in total. The number of nitrogens with zero attached hydrogens (tertiary/aromatic N) is 2. The SMILES string of the molecule is CCOC(=O)C=CCc1cc(C)c2nn(COCC[Si](C)(C)C)cc2c1. The van der Waals surface area contributed by atoms with Crippen molar-refractivity contribution in [2.24, 2.45) is 0 Å². The Morgan fingerprint density at radius 3 is 2.77 bits per heavy atom. The number of aromatic nitrogens is 2. The molecule has 0 radical (unpaired) electrons. The van der Waals surface area contributed by atoms with Gasteiger partial charge in [0.15, 0.2) is 0 Å². The highest BCUT2D eigenvalue weighted by Crippen LogP contribution is 2.20. The molecule has 26 heavy (non-hydrogen) atoms. The van der Waals surface area contributed by atoms with Crippen molar-refractivity contribution in [2.45, 2.75) is 52.7 Å². The van der Waals surface area contributed by atoms with E-state index in [-0.39, 0.29) is 5.97 Å².